The van der Waals surface area contributed by atoms with Crippen molar-refractivity contribution in [1.29, 1.82) is 0 Å². The molecule has 26 heavy (non-hydrogen) atoms. The Balaban J connectivity index is 1.40. The Hall–Kier alpha value is -1.49. The molecular formula is C22H31N3O. The van der Waals surface area contributed by atoms with Crippen molar-refractivity contribution in [1.82, 2.24) is 14.8 Å². The van der Waals surface area contributed by atoms with Gasteiger partial charge >= 0.3 is 0 Å². The summed E-state index contributed by atoms with van der Waals surface area (Å²) in [5.41, 5.74) is 2.37. The van der Waals surface area contributed by atoms with E-state index in [1.807, 2.05) is 12.3 Å². The smallest absolute Gasteiger partial charge is 0.0710 e. The van der Waals surface area contributed by atoms with Crippen LogP contribution in [-0.4, -0.2) is 64.8 Å². The van der Waals surface area contributed by atoms with E-state index in [4.69, 9.17) is 0 Å². The van der Waals surface area contributed by atoms with E-state index in [-0.39, 0.29) is 6.10 Å². The van der Waals surface area contributed by atoms with Gasteiger partial charge in [0.15, 0.2) is 0 Å². The van der Waals surface area contributed by atoms with Crippen LogP contribution in [0.15, 0.2) is 36.5 Å². The van der Waals surface area contributed by atoms with Gasteiger partial charge in [0.25, 0.3) is 0 Å². The van der Waals surface area contributed by atoms with Gasteiger partial charge in [-0.25, -0.2) is 0 Å². The molecule has 1 aromatic carbocycles. The lowest BCUT2D eigenvalue weighted by atomic mass is 9.94. The van der Waals surface area contributed by atoms with Crippen molar-refractivity contribution in [3.05, 3.63) is 42.1 Å². The maximum absolute atomic E-state index is 10.7. The Morgan fingerprint density at radius 1 is 1.12 bits per heavy atom. The summed E-state index contributed by atoms with van der Waals surface area (Å²) in [6.45, 7) is 7.78. The molecule has 0 amide bonds. The SMILES string of the molecule is CCCN1CCC(N2C[C@@H](Cc3ccnc4ccccc34)[C@H](O)C2)CC1. The van der Waals surface area contributed by atoms with Crippen LogP contribution in [0.5, 0.6) is 0 Å². The number of hydrogen-bond acceptors (Lipinski definition) is 4. The van der Waals surface area contributed by atoms with Crippen LogP contribution >= 0.6 is 0 Å². The maximum Gasteiger partial charge on any atom is 0.0710 e. The number of fused-ring (bicyclic) bond motifs is 1. The monoisotopic (exact) mass is 353 g/mol. The summed E-state index contributed by atoms with van der Waals surface area (Å²) in [6.07, 6.45) is 6.37. The largest absolute Gasteiger partial charge is 0.391 e. The Kier molecular flexibility index (Phi) is 5.53. The Labute approximate surface area is 156 Å². The van der Waals surface area contributed by atoms with Crippen molar-refractivity contribution in [3.8, 4) is 0 Å². The van der Waals surface area contributed by atoms with E-state index < -0.39 is 0 Å². The van der Waals surface area contributed by atoms with Crippen LogP contribution in [0.1, 0.15) is 31.7 Å². The predicted octanol–water partition coefficient (Wildman–Crippen LogP) is 2.94. The Morgan fingerprint density at radius 2 is 1.92 bits per heavy atom. The van der Waals surface area contributed by atoms with Crippen LogP contribution in [0.3, 0.4) is 0 Å². The highest BCUT2D eigenvalue weighted by atomic mass is 16.3. The fourth-order valence-electron chi connectivity index (χ4n) is 4.83. The first-order valence-corrected chi connectivity index (χ1v) is 10.2. The fraction of sp³-hybridized carbons (Fsp3) is 0.591. The van der Waals surface area contributed by atoms with Gasteiger partial charge in [0.2, 0.25) is 0 Å². The quantitative estimate of drug-likeness (QED) is 0.897. The molecule has 0 unspecified atom stereocenters. The van der Waals surface area contributed by atoms with Crippen molar-refractivity contribution in [2.45, 2.75) is 44.8 Å². The molecule has 0 spiro atoms. The molecule has 2 aromatic rings. The minimum Gasteiger partial charge on any atom is -0.391 e. The third kappa shape index (κ3) is 3.78. The van der Waals surface area contributed by atoms with Crippen molar-refractivity contribution < 1.29 is 5.11 Å². The highest BCUT2D eigenvalue weighted by Crippen LogP contribution is 2.29. The summed E-state index contributed by atoms with van der Waals surface area (Å²) in [4.78, 5) is 9.61. The van der Waals surface area contributed by atoms with E-state index in [0.29, 0.717) is 12.0 Å². The number of hydrogen-bond donors (Lipinski definition) is 1. The van der Waals surface area contributed by atoms with Crippen molar-refractivity contribution in [2.24, 2.45) is 5.92 Å². The van der Waals surface area contributed by atoms with Gasteiger partial charge in [-0.1, -0.05) is 25.1 Å². The van der Waals surface area contributed by atoms with Crippen LogP contribution in [0, 0.1) is 5.92 Å². The average molecular weight is 354 g/mol. The zero-order valence-electron chi connectivity index (χ0n) is 15.8. The molecule has 4 nitrogen and oxygen atoms in total. The number of pyridine rings is 1. The molecule has 140 valence electrons. The third-order valence-corrected chi connectivity index (χ3v) is 6.27. The van der Waals surface area contributed by atoms with E-state index in [0.717, 1.165) is 25.0 Å². The van der Waals surface area contributed by atoms with Crippen molar-refractivity contribution >= 4 is 10.9 Å². The van der Waals surface area contributed by atoms with Gasteiger partial charge in [-0.2, -0.15) is 0 Å². The number of piperidine rings is 1. The summed E-state index contributed by atoms with van der Waals surface area (Å²) in [5.74, 6) is 0.328. The second-order valence-electron chi connectivity index (χ2n) is 8.05. The van der Waals surface area contributed by atoms with E-state index >= 15 is 0 Å². The van der Waals surface area contributed by atoms with Gasteiger partial charge in [-0.05, 0) is 63.0 Å². The number of rotatable bonds is 5. The van der Waals surface area contributed by atoms with Crippen molar-refractivity contribution in [2.75, 3.05) is 32.7 Å². The van der Waals surface area contributed by atoms with Gasteiger partial charge in [0, 0.05) is 36.6 Å². The van der Waals surface area contributed by atoms with Crippen LogP contribution < -0.4 is 0 Å². The fourth-order valence-corrected chi connectivity index (χ4v) is 4.83. The molecule has 2 aliphatic rings. The van der Waals surface area contributed by atoms with E-state index in [9.17, 15) is 5.11 Å². The average Bonchev–Trinajstić information content (AvgIpc) is 3.03. The zero-order chi connectivity index (χ0) is 17.9. The molecule has 0 bridgehead atoms. The highest BCUT2D eigenvalue weighted by Gasteiger charge is 2.36. The van der Waals surface area contributed by atoms with E-state index in [1.165, 1.54) is 49.8 Å². The maximum atomic E-state index is 10.7. The molecule has 0 aliphatic carbocycles. The van der Waals surface area contributed by atoms with Gasteiger partial charge < -0.3 is 10.0 Å². The molecule has 1 aromatic heterocycles. The topological polar surface area (TPSA) is 39.6 Å². The lowest BCUT2D eigenvalue weighted by Crippen LogP contribution is -2.44. The lowest BCUT2D eigenvalue weighted by molar-refractivity contribution is 0.107. The highest BCUT2D eigenvalue weighted by molar-refractivity contribution is 5.81. The number of aliphatic hydroxyl groups excluding tert-OH is 1. The number of likely N-dealkylation sites (tertiary alicyclic amines) is 2. The summed E-state index contributed by atoms with van der Waals surface area (Å²) >= 11 is 0. The van der Waals surface area contributed by atoms with Crippen molar-refractivity contribution in [3.63, 3.8) is 0 Å². The summed E-state index contributed by atoms with van der Waals surface area (Å²) in [5, 5.41) is 11.9. The summed E-state index contributed by atoms with van der Waals surface area (Å²) in [7, 11) is 0. The second-order valence-corrected chi connectivity index (χ2v) is 8.05. The van der Waals surface area contributed by atoms with E-state index in [1.54, 1.807) is 0 Å². The molecule has 2 atom stereocenters. The van der Waals surface area contributed by atoms with Gasteiger partial charge in [-0.3, -0.25) is 9.88 Å². The van der Waals surface area contributed by atoms with Crippen LogP contribution in [0.25, 0.3) is 10.9 Å². The molecule has 0 radical (unpaired) electrons. The van der Waals surface area contributed by atoms with Crippen LogP contribution in [0.2, 0.25) is 0 Å². The Morgan fingerprint density at radius 3 is 2.73 bits per heavy atom. The molecular weight excluding hydrogens is 322 g/mol. The molecule has 2 saturated heterocycles. The second kappa shape index (κ2) is 8.03. The number of benzene rings is 1. The molecule has 2 fully saturated rings. The predicted molar refractivity (Wildman–Crippen MR) is 106 cm³/mol. The molecule has 4 heteroatoms. The molecule has 4 rings (SSSR count). The first kappa shape index (κ1) is 17.9. The number of aliphatic hydroxyl groups is 1. The first-order chi connectivity index (χ1) is 12.7. The molecule has 0 saturated carbocycles. The van der Waals surface area contributed by atoms with Gasteiger partial charge in [0.1, 0.15) is 0 Å². The molecule has 2 aliphatic heterocycles. The minimum atomic E-state index is -0.212. The normalized spacial score (nSPS) is 25.9. The van der Waals surface area contributed by atoms with Gasteiger partial charge in [-0.15, -0.1) is 0 Å². The molecule has 3 heterocycles. The van der Waals surface area contributed by atoms with Crippen LogP contribution in [-0.2, 0) is 6.42 Å². The third-order valence-electron chi connectivity index (χ3n) is 6.27. The number of aromatic nitrogens is 1. The standard InChI is InChI=1S/C22H31N3O/c1-2-11-24-12-8-19(9-13-24)25-15-18(22(26)16-25)14-17-7-10-23-21-6-4-3-5-20(17)21/h3-7,10,18-19,22,26H,2,8-9,11-16H2,1H3/t18-,22-/m1/s1. The van der Waals surface area contributed by atoms with Crippen LogP contribution in [0.4, 0.5) is 0 Å². The summed E-state index contributed by atoms with van der Waals surface area (Å²) < 4.78 is 0. The number of para-hydroxylation sites is 1. The Bertz CT molecular complexity index is 721. The lowest BCUT2D eigenvalue weighted by Gasteiger charge is -2.36. The van der Waals surface area contributed by atoms with E-state index in [2.05, 4.69) is 46.0 Å². The summed E-state index contributed by atoms with van der Waals surface area (Å²) in [6, 6.07) is 11.1. The minimum absolute atomic E-state index is 0.212. The zero-order valence-corrected chi connectivity index (χ0v) is 15.8. The van der Waals surface area contributed by atoms with Gasteiger partial charge in [0.05, 0.1) is 11.6 Å². The molecule has 1 N–H and O–H groups in total. The first-order valence-electron chi connectivity index (χ1n) is 10.2. The number of β-amino-alcohol motifs (C(OH)–C–C–N with tert-alkyl or cyclic N) is 1. The number of nitrogens with zero attached hydrogens (tertiary/aromatic N) is 3.